The molecule has 1 saturated carbocycles. The van der Waals surface area contributed by atoms with Crippen LogP contribution in [0.2, 0.25) is 0 Å². The molecule has 4 aromatic rings. The summed E-state index contributed by atoms with van der Waals surface area (Å²) in [6, 6.07) is 23.9. The fraction of sp³-hybridized carbons (Fsp3) is 0.583. The average Bonchev–Trinajstić information content (AvgIpc) is 2.31. The van der Waals surface area contributed by atoms with Crippen LogP contribution in [0.3, 0.4) is 0 Å². The molecule has 3 aromatic carbocycles. The molecule has 0 spiro atoms. The first-order chi connectivity index (χ1) is 42.0. The van der Waals surface area contributed by atoms with Crippen molar-refractivity contribution in [3.63, 3.8) is 0 Å². The Morgan fingerprint density at radius 2 is 0.989 bits per heavy atom. The third-order valence-corrected chi connectivity index (χ3v) is 16.5. The van der Waals surface area contributed by atoms with E-state index in [1.807, 2.05) is 124 Å². The van der Waals surface area contributed by atoms with Gasteiger partial charge in [0.2, 0.25) is 29.5 Å². The van der Waals surface area contributed by atoms with Crippen LogP contribution in [0, 0.1) is 29.6 Å². The number of imide groups is 1. The predicted molar refractivity (Wildman–Crippen MR) is 366 cm³/mol. The molecule has 17 heteroatoms. The molecule has 8 aliphatic rings. The highest BCUT2D eigenvalue weighted by Crippen LogP contribution is 2.29. The first-order valence-electron chi connectivity index (χ1n) is 32.4. The van der Waals surface area contributed by atoms with Gasteiger partial charge in [-0.1, -0.05) is 168 Å². The highest BCUT2D eigenvalue weighted by atomic mass is 16.6. The largest absolute Gasteiger partial charge is 0.392 e. The maximum absolute atomic E-state index is 11.4. The summed E-state index contributed by atoms with van der Waals surface area (Å²) in [5.41, 5.74) is 9.50. The normalized spacial score (nSPS) is 23.3. The Balaban J connectivity index is 0.000000497. The molecule has 6 amide bonds. The summed E-state index contributed by atoms with van der Waals surface area (Å²) in [6.45, 7) is 42.0. The number of carbonyl (C=O) groups excluding carboxylic acids is 6. The van der Waals surface area contributed by atoms with E-state index >= 15 is 0 Å². The van der Waals surface area contributed by atoms with Crippen molar-refractivity contribution in [1.29, 1.82) is 0 Å². The number of likely N-dealkylation sites (N-methyl/N-ethyl adjacent to an activating group) is 2. The number of aromatic nitrogens is 2. The molecule has 8 heterocycles. The van der Waals surface area contributed by atoms with Gasteiger partial charge >= 0.3 is 0 Å². The SMILES string of the molecule is C=C1C(C)CCN1C.C=C1CC(C)C(=O)N1C.CC.CC.CC.CC1=NOC(C)C1.CC1C(=O)N(C)C(C)C(=O)N1C.CC1CC(=O)N(C)C1=O.CC1CCC(C)C1.CN1Cc2ccccc2C1.CN1Cc2ccccc2C1=O.Cn1ncc2ccccc21. The number of nitrogens with zero attached hydrogens (tertiary/aromatic N) is 10. The number of oxime groups is 1. The van der Waals surface area contributed by atoms with Gasteiger partial charge in [-0.25, -0.2) is 0 Å². The zero-order valence-corrected chi connectivity index (χ0v) is 59.1. The molecule has 0 radical (unpaired) electrons. The van der Waals surface area contributed by atoms with Crippen LogP contribution in [0.1, 0.15) is 176 Å². The van der Waals surface area contributed by atoms with E-state index in [2.05, 4.69) is 104 Å². The fourth-order valence-corrected chi connectivity index (χ4v) is 10.5. The standard InChI is InChI=1S/C9H9NO.C9H11N.C8H14N2O2.C8H8N2.C7H11NO.C7H13N.C7H14.C6H9NO2.C5H9NO.3C2H6/c1-10-6-7-4-2-3-5-8(7)9(10)11;1-10-6-8-4-2-3-5-9(8)7-10;1-5-7(11)10(4)6(2)8(12)9(5)3;1-10-8-5-3-2-4-7(8)6-9-10;1-5-4-6(2)8(3)7(5)9;1-6-4-5-8(3)7(6)2;1-6-3-4-7(2)5-6;1-4-3-5(8)7(2)6(4)9;1-4-3-5(2)7-6-4;3*1-2/h2-5H,6H2,1H3;2-5H,6-7H2,1H3;5-6H,1-4H3;2-6H,1H3;5H,2,4H2,1,3H3;6H,2,4-5H2,1,3H3;6-7H,3-5H2,1-2H3;4H,3H2,1-2H3;5H,3H2,1-2H3;3*1-2H3. The van der Waals surface area contributed by atoms with Crippen LogP contribution >= 0.6 is 0 Å². The van der Waals surface area contributed by atoms with Crippen molar-refractivity contribution >= 4 is 52.1 Å². The number of fused-ring (bicyclic) bond motifs is 3. The number of hydrogen-bond acceptors (Lipinski definition) is 11. The Morgan fingerprint density at radius 1 is 0.517 bits per heavy atom. The molecule has 89 heavy (non-hydrogen) atoms. The van der Waals surface area contributed by atoms with Gasteiger partial charge in [0.25, 0.3) is 5.91 Å². The van der Waals surface area contributed by atoms with Crippen LogP contribution in [0.25, 0.3) is 10.9 Å². The summed E-state index contributed by atoms with van der Waals surface area (Å²) in [5.74, 6) is 3.05. The van der Waals surface area contributed by atoms with Gasteiger partial charge in [0, 0.05) is 123 Å². The number of aryl methyl sites for hydroxylation is 1. The third-order valence-electron chi connectivity index (χ3n) is 16.5. The zero-order valence-electron chi connectivity index (χ0n) is 59.1. The second kappa shape index (κ2) is 40.5. The summed E-state index contributed by atoms with van der Waals surface area (Å²) < 4.78 is 1.87. The van der Waals surface area contributed by atoms with Crippen LogP contribution in [0.4, 0.5) is 0 Å². The summed E-state index contributed by atoms with van der Waals surface area (Å²) in [7, 11) is 14.6. The minimum Gasteiger partial charge on any atom is -0.392 e. The Labute approximate surface area is 537 Å². The summed E-state index contributed by atoms with van der Waals surface area (Å²) in [4.78, 5) is 83.6. The highest BCUT2D eigenvalue weighted by molar-refractivity contribution is 6.03. The molecule has 7 aliphatic heterocycles. The molecule has 8 unspecified atom stereocenters. The number of carbonyl (C=O) groups is 6. The molecule has 496 valence electrons. The van der Waals surface area contributed by atoms with Gasteiger partial charge in [-0.05, 0) is 101 Å². The maximum Gasteiger partial charge on any atom is 0.254 e. The lowest BCUT2D eigenvalue weighted by molar-refractivity contribution is -0.156. The van der Waals surface area contributed by atoms with Crippen LogP contribution in [-0.4, -0.2) is 159 Å². The minimum atomic E-state index is -0.321. The molecule has 12 rings (SSSR count). The quantitative estimate of drug-likeness (QED) is 0.155. The fourth-order valence-electron chi connectivity index (χ4n) is 10.5. The lowest BCUT2D eigenvalue weighted by atomic mass is 10.1. The van der Waals surface area contributed by atoms with E-state index in [1.165, 1.54) is 81.7 Å². The molecule has 8 atom stereocenters. The van der Waals surface area contributed by atoms with E-state index in [9.17, 15) is 28.8 Å². The van der Waals surface area contributed by atoms with Crippen LogP contribution in [0.15, 0.2) is 109 Å². The molecule has 4 saturated heterocycles. The van der Waals surface area contributed by atoms with E-state index in [4.69, 9.17) is 4.84 Å². The van der Waals surface area contributed by atoms with Crippen molar-refractivity contribution in [1.82, 2.24) is 44.1 Å². The van der Waals surface area contributed by atoms with Gasteiger partial charge in [-0.2, -0.15) is 5.10 Å². The molecule has 0 N–H and O–H groups in total. The number of allylic oxidation sites excluding steroid dienone is 2. The summed E-state index contributed by atoms with van der Waals surface area (Å²) >= 11 is 0. The molecular weight excluding hydrogens is 1120 g/mol. The van der Waals surface area contributed by atoms with Gasteiger partial charge in [-0.3, -0.25) is 43.2 Å². The number of hydrogen-bond donors (Lipinski definition) is 0. The Hall–Kier alpha value is -7.14. The van der Waals surface area contributed by atoms with Crippen LogP contribution < -0.4 is 0 Å². The summed E-state index contributed by atoms with van der Waals surface area (Å²) in [6.07, 6.45) is 10.1. The second-order valence-electron chi connectivity index (χ2n) is 23.9. The number of amides is 6. The second-order valence-corrected chi connectivity index (χ2v) is 23.9. The van der Waals surface area contributed by atoms with Crippen molar-refractivity contribution in [2.45, 2.75) is 187 Å². The number of piperazine rings is 1. The predicted octanol–water partition coefficient (Wildman–Crippen LogP) is 13.3. The van der Waals surface area contributed by atoms with Crippen molar-refractivity contribution in [2.24, 2.45) is 41.8 Å². The zero-order chi connectivity index (χ0) is 68.0. The Kier molecular flexibility index (Phi) is 36.3. The molecule has 1 aliphatic carbocycles. The topological polar surface area (TPSA) is 165 Å². The highest BCUT2D eigenvalue weighted by Gasteiger charge is 2.37. The monoisotopic (exact) mass is 1230 g/mol. The van der Waals surface area contributed by atoms with Crippen molar-refractivity contribution < 1.29 is 33.6 Å². The van der Waals surface area contributed by atoms with Gasteiger partial charge in [0.1, 0.15) is 18.2 Å². The average molecular weight is 1230 g/mol. The third kappa shape index (κ3) is 25.0. The lowest BCUT2D eigenvalue weighted by Crippen LogP contribution is -2.60. The van der Waals surface area contributed by atoms with E-state index in [1.54, 1.807) is 51.7 Å². The van der Waals surface area contributed by atoms with E-state index in [0.29, 0.717) is 12.5 Å². The first kappa shape index (κ1) is 79.9. The number of para-hydroxylation sites is 1. The molecular formula is C72H116N10O7. The lowest BCUT2D eigenvalue weighted by Gasteiger charge is -2.38. The molecule has 0 bridgehead atoms. The Bertz CT molecular complexity index is 2770. The van der Waals surface area contributed by atoms with E-state index < -0.39 is 0 Å². The summed E-state index contributed by atoms with van der Waals surface area (Å²) in [5, 5.41) is 9.05. The maximum atomic E-state index is 11.4. The van der Waals surface area contributed by atoms with Gasteiger partial charge in [0.05, 0.1) is 17.4 Å². The smallest absolute Gasteiger partial charge is 0.254 e. The minimum absolute atomic E-state index is 0.00426. The number of rotatable bonds is 0. The van der Waals surface area contributed by atoms with E-state index in [-0.39, 0.29) is 59.4 Å². The number of likely N-dealkylation sites (tertiary alicyclic amines) is 3. The molecule has 17 nitrogen and oxygen atoms in total. The molecule has 5 fully saturated rings. The van der Waals surface area contributed by atoms with Crippen molar-refractivity contribution in [3.05, 3.63) is 126 Å². The van der Waals surface area contributed by atoms with Gasteiger partial charge in [-0.15, -0.1) is 0 Å². The van der Waals surface area contributed by atoms with E-state index in [0.717, 1.165) is 72.8 Å². The van der Waals surface area contributed by atoms with Gasteiger partial charge in [0.15, 0.2) is 0 Å². The van der Waals surface area contributed by atoms with Gasteiger partial charge < -0.3 is 29.3 Å². The van der Waals surface area contributed by atoms with Crippen molar-refractivity contribution in [2.75, 3.05) is 55.9 Å². The van der Waals surface area contributed by atoms with Crippen LogP contribution in [-0.2, 0) is 55.5 Å². The van der Waals surface area contributed by atoms with Crippen molar-refractivity contribution in [3.8, 4) is 0 Å². The van der Waals surface area contributed by atoms with Crippen LogP contribution in [0.5, 0.6) is 0 Å². The number of benzene rings is 3. The Morgan fingerprint density at radius 3 is 1.30 bits per heavy atom. The first-order valence-corrected chi connectivity index (χ1v) is 32.4. The molecule has 1 aromatic heterocycles.